The van der Waals surface area contributed by atoms with Gasteiger partial charge >= 0.3 is 10.2 Å². The molecular weight excluding hydrogens is 233 g/mol. The molecule has 0 amide bonds. The lowest BCUT2D eigenvalue weighted by atomic mass is 10.2. The molecule has 0 N–H and O–H groups in total. The maximum atomic E-state index is 12.9. The van der Waals surface area contributed by atoms with Gasteiger partial charge in [0.1, 0.15) is 0 Å². The normalized spacial score (nSPS) is 11.6. The maximum Gasteiger partial charge on any atom is 0.353 e. The number of benzene rings is 1. The summed E-state index contributed by atoms with van der Waals surface area (Å²) < 4.78 is 39.7. The van der Waals surface area contributed by atoms with E-state index in [2.05, 4.69) is 4.98 Å². The monoisotopic (exact) mass is 241 g/mol. The van der Waals surface area contributed by atoms with E-state index in [1.54, 1.807) is 30.3 Å². The zero-order chi connectivity index (χ0) is 11.8. The summed E-state index contributed by atoms with van der Waals surface area (Å²) in [6, 6.07) is 8.39. The Kier molecular flexibility index (Phi) is 2.51. The SMILES string of the molecule is Cc1nc(S(=O)(=O)F)c(-c2ccccc2)o1. The van der Waals surface area contributed by atoms with E-state index in [9.17, 15) is 12.3 Å². The third-order valence-corrected chi connectivity index (χ3v) is 2.71. The van der Waals surface area contributed by atoms with Crippen molar-refractivity contribution in [2.45, 2.75) is 11.9 Å². The number of oxazole rings is 1. The predicted molar refractivity (Wildman–Crippen MR) is 55.0 cm³/mol. The number of aromatic nitrogens is 1. The highest BCUT2D eigenvalue weighted by Gasteiger charge is 2.25. The molecule has 0 fully saturated rings. The van der Waals surface area contributed by atoms with Crippen molar-refractivity contribution in [2.24, 2.45) is 0 Å². The van der Waals surface area contributed by atoms with Crippen LogP contribution in [0.15, 0.2) is 39.8 Å². The van der Waals surface area contributed by atoms with Gasteiger partial charge < -0.3 is 4.42 Å². The fourth-order valence-corrected chi connectivity index (χ4v) is 1.96. The van der Waals surface area contributed by atoms with Gasteiger partial charge in [-0.3, -0.25) is 0 Å². The number of nitrogens with zero attached hydrogens (tertiary/aromatic N) is 1. The van der Waals surface area contributed by atoms with Crippen molar-refractivity contribution in [3.63, 3.8) is 0 Å². The van der Waals surface area contributed by atoms with E-state index < -0.39 is 15.2 Å². The Morgan fingerprint density at radius 2 is 1.88 bits per heavy atom. The van der Waals surface area contributed by atoms with Gasteiger partial charge in [-0.1, -0.05) is 34.2 Å². The molecule has 0 saturated heterocycles. The largest absolute Gasteiger partial charge is 0.439 e. The van der Waals surface area contributed by atoms with Crippen molar-refractivity contribution in [3.05, 3.63) is 36.2 Å². The van der Waals surface area contributed by atoms with Crippen LogP contribution >= 0.6 is 0 Å². The highest BCUT2D eigenvalue weighted by atomic mass is 32.3. The third-order valence-electron chi connectivity index (χ3n) is 1.97. The first-order valence-corrected chi connectivity index (χ1v) is 5.84. The van der Waals surface area contributed by atoms with Crippen molar-refractivity contribution < 1.29 is 16.7 Å². The van der Waals surface area contributed by atoms with Crippen molar-refractivity contribution in [2.75, 3.05) is 0 Å². The van der Waals surface area contributed by atoms with E-state index in [-0.39, 0.29) is 11.7 Å². The van der Waals surface area contributed by atoms with Crippen LogP contribution in [-0.2, 0) is 10.2 Å². The Labute approximate surface area is 92.0 Å². The summed E-state index contributed by atoms with van der Waals surface area (Å²) in [5, 5.41) is -0.670. The van der Waals surface area contributed by atoms with Gasteiger partial charge in [-0.15, -0.1) is 0 Å². The zero-order valence-corrected chi connectivity index (χ0v) is 9.16. The van der Waals surface area contributed by atoms with Gasteiger partial charge in [0.05, 0.1) is 0 Å². The number of hydrogen-bond acceptors (Lipinski definition) is 4. The first-order valence-electron chi connectivity index (χ1n) is 4.46. The first kappa shape index (κ1) is 10.8. The molecule has 2 aromatic rings. The number of aryl methyl sites for hydroxylation is 1. The summed E-state index contributed by atoms with van der Waals surface area (Å²) in [7, 11) is -4.87. The van der Waals surface area contributed by atoms with E-state index in [0.29, 0.717) is 5.56 Å². The number of rotatable bonds is 2. The lowest BCUT2D eigenvalue weighted by Crippen LogP contribution is -1.94. The minimum absolute atomic E-state index is 0.0689. The molecule has 0 atom stereocenters. The van der Waals surface area contributed by atoms with Crippen molar-refractivity contribution in [1.82, 2.24) is 4.98 Å². The molecule has 2 rings (SSSR count). The minimum Gasteiger partial charge on any atom is -0.439 e. The summed E-state index contributed by atoms with van der Waals surface area (Å²) in [5.41, 5.74) is 0.472. The average Bonchev–Trinajstić information content (AvgIpc) is 2.61. The van der Waals surface area contributed by atoms with Crippen molar-refractivity contribution >= 4 is 10.2 Å². The lowest BCUT2D eigenvalue weighted by Gasteiger charge is -1.96. The average molecular weight is 241 g/mol. The van der Waals surface area contributed by atoms with Crippen molar-refractivity contribution in [1.29, 1.82) is 0 Å². The second kappa shape index (κ2) is 3.71. The summed E-state index contributed by atoms with van der Waals surface area (Å²) in [6.45, 7) is 1.46. The van der Waals surface area contributed by atoms with E-state index >= 15 is 0 Å². The summed E-state index contributed by atoms with van der Waals surface area (Å²) in [5.74, 6) is 0.0377. The van der Waals surface area contributed by atoms with Crippen LogP contribution in [0.4, 0.5) is 3.89 Å². The molecule has 4 nitrogen and oxygen atoms in total. The fraction of sp³-hybridized carbons (Fsp3) is 0.100. The predicted octanol–water partition coefficient (Wildman–Crippen LogP) is 2.31. The molecule has 6 heteroatoms. The number of hydrogen-bond donors (Lipinski definition) is 0. The quantitative estimate of drug-likeness (QED) is 0.757. The van der Waals surface area contributed by atoms with E-state index in [4.69, 9.17) is 4.42 Å². The van der Waals surface area contributed by atoms with Crippen LogP contribution in [0.1, 0.15) is 5.89 Å². The van der Waals surface area contributed by atoms with E-state index in [0.717, 1.165) is 0 Å². The molecule has 84 valence electrons. The third kappa shape index (κ3) is 1.96. The molecule has 0 saturated carbocycles. The Hall–Kier alpha value is -1.69. The molecule has 0 unspecified atom stereocenters. The summed E-state index contributed by atoms with van der Waals surface area (Å²) in [4.78, 5) is 3.53. The highest BCUT2D eigenvalue weighted by molar-refractivity contribution is 7.86. The van der Waals surface area contributed by atoms with E-state index in [1.807, 2.05) is 0 Å². The minimum atomic E-state index is -4.87. The zero-order valence-electron chi connectivity index (χ0n) is 8.34. The smallest absolute Gasteiger partial charge is 0.353 e. The van der Waals surface area contributed by atoms with Gasteiger partial charge in [0, 0.05) is 12.5 Å². The van der Waals surface area contributed by atoms with Gasteiger partial charge in [0.15, 0.2) is 11.7 Å². The Morgan fingerprint density at radius 3 is 2.44 bits per heavy atom. The van der Waals surface area contributed by atoms with Gasteiger partial charge in [0.2, 0.25) is 5.03 Å². The molecule has 0 aliphatic carbocycles. The van der Waals surface area contributed by atoms with Crippen LogP contribution in [0.2, 0.25) is 0 Å². The highest BCUT2D eigenvalue weighted by Crippen LogP contribution is 2.28. The summed E-state index contributed by atoms with van der Waals surface area (Å²) >= 11 is 0. The van der Waals surface area contributed by atoms with Crippen LogP contribution in [0.5, 0.6) is 0 Å². The van der Waals surface area contributed by atoms with Crippen molar-refractivity contribution in [3.8, 4) is 11.3 Å². The molecular formula is C10H8FNO3S. The molecule has 0 spiro atoms. The number of halogens is 1. The second-order valence-corrected chi connectivity index (χ2v) is 4.43. The van der Waals surface area contributed by atoms with Gasteiger partial charge in [0.25, 0.3) is 0 Å². The molecule has 1 aromatic carbocycles. The summed E-state index contributed by atoms with van der Waals surface area (Å²) in [6.07, 6.45) is 0. The van der Waals surface area contributed by atoms with Crippen LogP contribution < -0.4 is 0 Å². The molecule has 16 heavy (non-hydrogen) atoms. The van der Waals surface area contributed by atoms with Gasteiger partial charge in [-0.25, -0.2) is 0 Å². The Bertz CT molecular complexity index is 604. The standard InChI is InChI=1S/C10H8FNO3S/c1-7-12-10(16(11,13)14)9(15-7)8-5-3-2-4-6-8/h2-6H,1H3. The second-order valence-electron chi connectivity index (χ2n) is 3.17. The fourth-order valence-electron chi connectivity index (χ4n) is 1.35. The molecule has 0 aliphatic rings. The Morgan fingerprint density at radius 1 is 1.25 bits per heavy atom. The van der Waals surface area contributed by atoms with Crippen LogP contribution in [-0.4, -0.2) is 13.4 Å². The molecule has 0 aliphatic heterocycles. The molecule has 0 bridgehead atoms. The molecule has 1 aromatic heterocycles. The molecule has 0 radical (unpaired) electrons. The molecule has 1 heterocycles. The van der Waals surface area contributed by atoms with Crippen LogP contribution in [0.25, 0.3) is 11.3 Å². The topological polar surface area (TPSA) is 60.2 Å². The maximum absolute atomic E-state index is 12.9. The van der Waals surface area contributed by atoms with Crippen LogP contribution in [0.3, 0.4) is 0 Å². The lowest BCUT2D eigenvalue weighted by molar-refractivity contribution is 0.531. The Balaban J connectivity index is 2.67. The van der Waals surface area contributed by atoms with E-state index in [1.165, 1.54) is 6.92 Å². The van der Waals surface area contributed by atoms with Gasteiger partial charge in [-0.2, -0.15) is 13.4 Å². The van der Waals surface area contributed by atoms with Gasteiger partial charge in [-0.05, 0) is 0 Å². The first-order chi connectivity index (χ1) is 7.48. The van der Waals surface area contributed by atoms with Crippen LogP contribution in [0, 0.1) is 6.92 Å².